The van der Waals surface area contributed by atoms with Crippen molar-refractivity contribution in [3.05, 3.63) is 56.6 Å². The van der Waals surface area contributed by atoms with E-state index in [1.807, 2.05) is 24.3 Å². The second-order valence-electron chi connectivity index (χ2n) is 5.06. The van der Waals surface area contributed by atoms with Crippen molar-refractivity contribution in [2.45, 2.75) is 6.42 Å². The molecule has 4 rings (SSSR count). The Labute approximate surface area is 143 Å². The summed E-state index contributed by atoms with van der Waals surface area (Å²) >= 11 is 6.88. The van der Waals surface area contributed by atoms with Gasteiger partial charge in [0.2, 0.25) is 5.88 Å². The molecule has 0 atom stereocenters. The monoisotopic (exact) mass is 420 g/mol. The minimum Gasteiger partial charge on any atom is -0.507 e. The van der Waals surface area contributed by atoms with E-state index in [0.29, 0.717) is 23.7 Å². The van der Waals surface area contributed by atoms with Gasteiger partial charge in [-0.2, -0.15) is 4.98 Å². The molecule has 0 radical (unpaired) electrons. The molecule has 0 amide bonds. The number of aromatic hydroxyl groups is 1. The predicted octanol–water partition coefficient (Wildman–Crippen LogP) is 5.00. The minimum absolute atomic E-state index is 0.176. The van der Waals surface area contributed by atoms with E-state index >= 15 is 0 Å². The van der Waals surface area contributed by atoms with E-state index in [-0.39, 0.29) is 5.75 Å². The van der Waals surface area contributed by atoms with Crippen LogP contribution in [0.5, 0.6) is 17.4 Å². The van der Waals surface area contributed by atoms with Gasteiger partial charge in [-0.3, -0.25) is 0 Å². The summed E-state index contributed by atoms with van der Waals surface area (Å²) in [7, 11) is 0. The molecule has 110 valence electrons. The van der Waals surface area contributed by atoms with E-state index in [1.54, 1.807) is 12.1 Å². The van der Waals surface area contributed by atoms with Gasteiger partial charge < -0.3 is 14.8 Å². The van der Waals surface area contributed by atoms with Gasteiger partial charge in [-0.15, -0.1) is 0 Å². The van der Waals surface area contributed by atoms with Crippen molar-refractivity contribution < 1.29 is 9.84 Å². The van der Waals surface area contributed by atoms with Gasteiger partial charge in [-0.05, 0) is 36.4 Å². The number of nitrogens with zero attached hydrogens (tertiary/aromatic N) is 1. The molecule has 22 heavy (non-hydrogen) atoms. The normalized spacial score (nSPS) is 12.5. The highest BCUT2D eigenvalue weighted by atomic mass is 79.9. The third-order valence-corrected chi connectivity index (χ3v) is 4.54. The number of phenols is 1. The summed E-state index contributed by atoms with van der Waals surface area (Å²) in [4.78, 5) is 7.72. The number of aromatic amines is 1. The summed E-state index contributed by atoms with van der Waals surface area (Å²) in [6.45, 7) is 0. The Morgan fingerprint density at radius 3 is 2.73 bits per heavy atom. The van der Waals surface area contributed by atoms with Gasteiger partial charge >= 0.3 is 0 Å². The van der Waals surface area contributed by atoms with E-state index < -0.39 is 0 Å². The molecular weight excluding hydrogens is 412 g/mol. The van der Waals surface area contributed by atoms with Crippen LogP contribution < -0.4 is 4.74 Å². The standard InChI is InChI=1S/C16H10Br2N2O2/c17-9-2-4-14-8(5-9)6-12-16(22-14)20-15(19-12)11-7-10(18)1-3-13(11)21/h1-5,7,21H,6H2,(H,19,20). The van der Waals surface area contributed by atoms with E-state index in [1.165, 1.54) is 0 Å². The molecule has 1 aromatic heterocycles. The number of aromatic nitrogens is 2. The average Bonchev–Trinajstić information content (AvgIpc) is 2.89. The number of imidazole rings is 1. The summed E-state index contributed by atoms with van der Waals surface area (Å²) in [5.74, 6) is 2.14. The second-order valence-corrected chi connectivity index (χ2v) is 6.89. The van der Waals surface area contributed by atoms with Gasteiger partial charge in [0.15, 0.2) is 0 Å². The van der Waals surface area contributed by atoms with Crippen molar-refractivity contribution in [1.29, 1.82) is 0 Å². The third kappa shape index (κ3) is 2.32. The van der Waals surface area contributed by atoms with Crippen molar-refractivity contribution in [2.24, 2.45) is 0 Å². The molecule has 0 spiro atoms. The number of halogens is 2. The van der Waals surface area contributed by atoms with Gasteiger partial charge in [0.1, 0.15) is 17.3 Å². The maximum absolute atomic E-state index is 10.0. The number of nitrogens with one attached hydrogen (secondary N) is 1. The zero-order chi connectivity index (χ0) is 15.3. The molecular formula is C16H10Br2N2O2. The number of hydrogen-bond donors (Lipinski definition) is 2. The SMILES string of the molecule is Oc1ccc(Br)cc1-c1nc2c([nH]1)Cc1cc(Br)ccc1O2. The van der Waals surface area contributed by atoms with Gasteiger partial charge in [0.05, 0.1) is 11.3 Å². The van der Waals surface area contributed by atoms with Crippen LogP contribution in [0.4, 0.5) is 0 Å². The summed E-state index contributed by atoms with van der Waals surface area (Å²) in [6, 6.07) is 11.1. The predicted molar refractivity (Wildman–Crippen MR) is 90.4 cm³/mol. The first-order valence-corrected chi connectivity index (χ1v) is 8.23. The summed E-state index contributed by atoms with van der Waals surface area (Å²) in [5.41, 5.74) is 2.63. The highest BCUT2D eigenvalue weighted by Crippen LogP contribution is 2.39. The lowest BCUT2D eigenvalue weighted by Crippen LogP contribution is -2.02. The second kappa shape index (κ2) is 5.14. The van der Waals surface area contributed by atoms with Crippen LogP contribution >= 0.6 is 31.9 Å². The lowest BCUT2D eigenvalue weighted by atomic mass is 10.1. The number of hydrogen-bond acceptors (Lipinski definition) is 3. The van der Waals surface area contributed by atoms with E-state index in [9.17, 15) is 5.11 Å². The Morgan fingerprint density at radius 2 is 1.86 bits per heavy atom. The largest absolute Gasteiger partial charge is 0.507 e. The van der Waals surface area contributed by atoms with Crippen LogP contribution in [-0.2, 0) is 6.42 Å². The number of benzene rings is 2. The number of fused-ring (bicyclic) bond motifs is 2. The number of rotatable bonds is 1. The summed E-state index contributed by atoms with van der Waals surface area (Å²) in [6.07, 6.45) is 0.714. The Hall–Kier alpha value is -1.79. The molecule has 0 saturated carbocycles. The third-order valence-electron chi connectivity index (χ3n) is 3.55. The molecule has 0 saturated heterocycles. The topological polar surface area (TPSA) is 58.1 Å². The lowest BCUT2D eigenvalue weighted by molar-refractivity contribution is 0.443. The molecule has 1 aliphatic heterocycles. The Morgan fingerprint density at radius 1 is 1.09 bits per heavy atom. The van der Waals surface area contributed by atoms with Crippen LogP contribution in [0, 0.1) is 0 Å². The van der Waals surface area contributed by atoms with Gasteiger partial charge in [-0.1, -0.05) is 31.9 Å². The highest BCUT2D eigenvalue weighted by molar-refractivity contribution is 9.10. The van der Waals surface area contributed by atoms with Crippen LogP contribution in [0.15, 0.2) is 45.3 Å². The summed E-state index contributed by atoms with van der Waals surface area (Å²) < 4.78 is 7.74. The molecule has 6 heteroatoms. The fraction of sp³-hybridized carbons (Fsp3) is 0.0625. The van der Waals surface area contributed by atoms with Crippen LogP contribution in [0.2, 0.25) is 0 Å². The number of H-pyrrole nitrogens is 1. The van der Waals surface area contributed by atoms with Gasteiger partial charge in [0.25, 0.3) is 0 Å². The van der Waals surface area contributed by atoms with E-state index in [0.717, 1.165) is 26.0 Å². The van der Waals surface area contributed by atoms with Crippen molar-refractivity contribution >= 4 is 31.9 Å². The van der Waals surface area contributed by atoms with Crippen molar-refractivity contribution in [3.63, 3.8) is 0 Å². The zero-order valence-electron chi connectivity index (χ0n) is 11.2. The van der Waals surface area contributed by atoms with Crippen LogP contribution in [0.3, 0.4) is 0 Å². The zero-order valence-corrected chi connectivity index (χ0v) is 14.4. The minimum atomic E-state index is 0.176. The molecule has 2 heterocycles. The van der Waals surface area contributed by atoms with Crippen LogP contribution in [0.25, 0.3) is 11.4 Å². The summed E-state index contributed by atoms with van der Waals surface area (Å²) in [5, 5.41) is 10.0. The van der Waals surface area contributed by atoms with Gasteiger partial charge in [0, 0.05) is 20.9 Å². The van der Waals surface area contributed by atoms with Crippen LogP contribution in [-0.4, -0.2) is 15.1 Å². The molecule has 4 nitrogen and oxygen atoms in total. The first-order chi connectivity index (χ1) is 10.6. The number of phenolic OH excluding ortho intramolecular Hbond substituents is 1. The lowest BCUT2D eigenvalue weighted by Gasteiger charge is -2.15. The van der Waals surface area contributed by atoms with Crippen LogP contribution in [0.1, 0.15) is 11.3 Å². The Balaban J connectivity index is 1.78. The molecule has 1 aliphatic rings. The maximum atomic E-state index is 10.0. The van der Waals surface area contributed by atoms with E-state index in [2.05, 4.69) is 41.8 Å². The van der Waals surface area contributed by atoms with Crippen molar-refractivity contribution in [1.82, 2.24) is 9.97 Å². The molecule has 0 aliphatic carbocycles. The molecule has 0 fully saturated rings. The highest BCUT2D eigenvalue weighted by Gasteiger charge is 2.22. The van der Waals surface area contributed by atoms with Gasteiger partial charge in [-0.25, -0.2) is 0 Å². The Kier molecular flexibility index (Phi) is 3.23. The smallest absolute Gasteiger partial charge is 0.241 e. The van der Waals surface area contributed by atoms with Crippen molar-refractivity contribution in [3.8, 4) is 28.8 Å². The fourth-order valence-electron chi connectivity index (χ4n) is 2.50. The molecule has 2 aromatic carbocycles. The Bertz CT molecular complexity index is 890. The number of ether oxygens (including phenoxy) is 1. The fourth-order valence-corrected chi connectivity index (χ4v) is 3.27. The first-order valence-electron chi connectivity index (χ1n) is 6.64. The molecule has 0 unspecified atom stereocenters. The average molecular weight is 422 g/mol. The quantitative estimate of drug-likeness (QED) is 0.454. The molecule has 0 bridgehead atoms. The van der Waals surface area contributed by atoms with E-state index in [4.69, 9.17) is 4.74 Å². The van der Waals surface area contributed by atoms with Crippen molar-refractivity contribution in [2.75, 3.05) is 0 Å². The molecule has 3 aromatic rings. The maximum Gasteiger partial charge on any atom is 0.241 e. The first kappa shape index (κ1) is 13.8. The molecule has 2 N–H and O–H groups in total.